The van der Waals surface area contributed by atoms with Crippen molar-refractivity contribution in [2.75, 3.05) is 19.6 Å². The van der Waals surface area contributed by atoms with Crippen LogP contribution in [0.5, 0.6) is 0 Å². The SMILES string of the molecule is CC1CCN(C(=O)CCNC(=O)C2CCCCC2)C(CN)C1.Cl. The first-order chi connectivity index (χ1) is 10.6. The van der Waals surface area contributed by atoms with E-state index in [-0.39, 0.29) is 36.2 Å². The van der Waals surface area contributed by atoms with Crippen LogP contribution in [0.1, 0.15) is 58.3 Å². The van der Waals surface area contributed by atoms with Gasteiger partial charge >= 0.3 is 0 Å². The minimum atomic E-state index is 0. The lowest BCUT2D eigenvalue weighted by atomic mass is 9.88. The van der Waals surface area contributed by atoms with Crippen LogP contribution in [0.2, 0.25) is 0 Å². The van der Waals surface area contributed by atoms with E-state index in [9.17, 15) is 9.59 Å². The molecule has 1 saturated heterocycles. The van der Waals surface area contributed by atoms with Crippen molar-refractivity contribution in [3.63, 3.8) is 0 Å². The number of likely N-dealkylation sites (tertiary alicyclic amines) is 1. The molecular weight excluding hydrogens is 314 g/mol. The van der Waals surface area contributed by atoms with Gasteiger partial charge in [-0.2, -0.15) is 0 Å². The van der Waals surface area contributed by atoms with Crippen molar-refractivity contribution in [1.29, 1.82) is 0 Å². The lowest BCUT2D eigenvalue weighted by molar-refractivity contribution is -0.135. The maximum Gasteiger partial charge on any atom is 0.224 e. The molecule has 1 aliphatic carbocycles. The number of carbonyl (C=O) groups is 2. The molecule has 23 heavy (non-hydrogen) atoms. The van der Waals surface area contributed by atoms with Gasteiger partial charge < -0.3 is 16.0 Å². The highest BCUT2D eigenvalue weighted by molar-refractivity contribution is 5.85. The molecule has 2 fully saturated rings. The van der Waals surface area contributed by atoms with Crippen LogP contribution in [0.15, 0.2) is 0 Å². The van der Waals surface area contributed by atoms with Crippen LogP contribution in [-0.2, 0) is 9.59 Å². The van der Waals surface area contributed by atoms with Crippen LogP contribution in [0.25, 0.3) is 0 Å². The zero-order valence-corrected chi connectivity index (χ0v) is 15.1. The van der Waals surface area contributed by atoms with E-state index >= 15 is 0 Å². The fourth-order valence-electron chi connectivity index (χ4n) is 3.75. The van der Waals surface area contributed by atoms with Crippen LogP contribution in [0.4, 0.5) is 0 Å². The fraction of sp³-hybridized carbons (Fsp3) is 0.882. The van der Waals surface area contributed by atoms with E-state index < -0.39 is 0 Å². The van der Waals surface area contributed by atoms with E-state index in [1.165, 1.54) is 6.42 Å². The summed E-state index contributed by atoms with van der Waals surface area (Å²) in [6.07, 6.45) is 7.99. The molecule has 1 heterocycles. The Morgan fingerprint density at radius 3 is 2.52 bits per heavy atom. The number of carbonyl (C=O) groups excluding carboxylic acids is 2. The molecule has 0 aromatic heterocycles. The van der Waals surface area contributed by atoms with E-state index in [0.717, 1.165) is 45.1 Å². The number of hydrogen-bond donors (Lipinski definition) is 2. The maximum absolute atomic E-state index is 12.4. The van der Waals surface area contributed by atoms with Crippen molar-refractivity contribution < 1.29 is 9.59 Å². The first-order valence-corrected chi connectivity index (χ1v) is 8.89. The Hall–Kier alpha value is -0.810. The Morgan fingerprint density at radius 2 is 1.87 bits per heavy atom. The molecule has 0 bridgehead atoms. The summed E-state index contributed by atoms with van der Waals surface area (Å²) >= 11 is 0. The topological polar surface area (TPSA) is 75.4 Å². The van der Waals surface area contributed by atoms with Gasteiger partial charge in [-0.1, -0.05) is 26.2 Å². The van der Waals surface area contributed by atoms with Gasteiger partial charge in [-0.3, -0.25) is 9.59 Å². The summed E-state index contributed by atoms with van der Waals surface area (Å²) in [5.41, 5.74) is 5.80. The lowest BCUT2D eigenvalue weighted by Gasteiger charge is -2.38. The summed E-state index contributed by atoms with van der Waals surface area (Å²) in [5, 5.41) is 2.95. The molecule has 2 atom stereocenters. The molecule has 1 saturated carbocycles. The number of nitrogens with zero attached hydrogens (tertiary/aromatic N) is 1. The van der Waals surface area contributed by atoms with Gasteiger partial charge in [0.15, 0.2) is 0 Å². The highest BCUT2D eigenvalue weighted by Gasteiger charge is 2.28. The summed E-state index contributed by atoms with van der Waals surface area (Å²) in [6.45, 7) is 4.01. The first-order valence-electron chi connectivity index (χ1n) is 8.89. The third-order valence-corrected chi connectivity index (χ3v) is 5.18. The van der Waals surface area contributed by atoms with Gasteiger partial charge in [0.25, 0.3) is 0 Å². The molecule has 2 amide bonds. The first kappa shape index (κ1) is 20.2. The molecule has 2 unspecified atom stereocenters. The number of nitrogens with two attached hydrogens (primary N) is 1. The molecule has 0 aromatic rings. The second kappa shape index (κ2) is 10.1. The highest BCUT2D eigenvalue weighted by Crippen LogP contribution is 2.24. The van der Waals surface area contributed by atoms with Crippen LogP contribution in [0, 0.1) is 11.8 Å². The van der Waals surface area contributed by atoms with E-state index in [2.05, 4.69) is 12.2 Å². The van der Waals surface area contributed by atoms with Crippen molar-refractivity contribution in [3.05, 3.63) is 0 Å². The largest absolute Gasteiger partial charge is 0.355 e. The van der Waals surface area contributed by atoms with Crippen molar-refractivity contribution in [2.45, 2.75) is 64.3 Å². The summed E-state index contributed by atoms with van der Waals surface area (Å²) < 4.78 is 0. The Labute approximate surface area is 146 Å². The van der Waals surface area contributed by atoms with Gasteiger partial charge in [-0.05, 0) is 31.6 Å². The van der Waals surface area contributed by atoms with E-state index in [0.29, 0.717) is 25.4 Å². The lowest BCUT2D eigenvalue weighted by Crippen LogP contribution is -2.49. The summed E-state index contributed by atoms with van der Waals surface area (Å²) in [4.78, 5) is 26.3. The third-order valence-electron chi connectivity index (χ3n) is 5.18. The summed E-state index contributed by atoms with van der Waals surface area (Å²) in [6, 6.07) is 0.172. The number of halogens is 1. The van der Waals surface area contributed by atoms with Crippen LogP contribution >= 0.6 is 12.4 Å². The predicted molar refractivity (Wildman–Crippen MR) is 94.4 cm³/mol. The van der Waals surface area contributed by atoms with Crippen LogP contribution in [-0.4, -0.2) is 42.4 Å². The van der Waals surface area contributed by atoms with Crippen molar-refractivity contribution in [3.8, 4) is 0 Å². The average molecular weight is 346 g/mol. The Kier molecular flexibility index (Phi) is 8.92. The Bertz CT molecular complexity index is 386. The molecule has 5 nitrogen and oxygen atoms in total. The molecule has 0 radical (unpaired) electrons. The summed E-state index contributed by atoms with van der Waals surface area (Å²) in [5.74, 6) is 1.07. The normalized spacial score (nSPS) is 25.6. The van der Waals surface area contributed by atoms with Crippen molar-refractivity contribution >= 4 is 24.2 Å². The second-order valence-electron chi connectivity index (χ2n) is 6.98. The third kappa shape index (κ3) is 5.96. The average Bonchev–Trinajstić information content (AvgIpc) is 2.55. The van der Waals surface area contributed by atoms with Gasteiger partial charge in [0.1, 0.15) is 0 Å². The molecule has 1 aliphatic heterocycles. The standard InChI is InChI=1S/C17H31N3O2.ClH/c1-13-8-10-20(15(11-13)12-18)16(21)7-9-19-17(22)14-5-3-2-4-6-14;/h13-15H,2-12,18H2,1H3,(H,19,22);1H. The smallest absolute Gasteiger partial charge is 0.224 e. The monoisotopic (exact) mass is 345 g/mol. The van der Waals surface area contributed by atoms with Crippen molar-refractivity contribution in [1.82, 2.24) is 10.2 Å². The molecule has 0 spiro atoms. The zero-order chi connectivity index (χ0) is 15.9. The fourth-order valence-corrected chi connectivity index (χ4v) is 3.75. The Morgan fingerprint density at radius 1 is 1.17 bits per heavy atom. The maximum atomic E-state index is 12.4. The molecule has 3 N–H and O–H groups in total. The summed E-state index contributed by atoms with van der Waals surface area (Å²) in [7, 11) is 0. The zero-order valence-electron chi connectivity index (χ0n) is 14.3. The molecule has 2 aliphatic rings. The minimum Gasteiger partial charge on any atom is -0.355 e. The number of rotatable bonds is 5. The number of nitrogens with one attached hydrogen (secondary N) is 1. The number of piperidine rings is 1. The molecule has 134 valence electrons. The second-order valence-corrected chi connectivity index (χ2v) is 6.98. The van der Waals surface area contributed by atoms with Gasteiger partial charge in [0.05, 0.1) is 0 Å². The van der Waals surface area contributed by atoms with E-state index in [1.54, 1.807) is 0 Å². The predicted octanol–water partition coefficient (Wildman–Crippen LogP) is 2.08. The van der Waals surface area contributed by atoms with Gasteiger partial charge in [0.2, 0.25) is 11.8 Å². The van der Waals surface area contributed by atoms with E-state index in [4.69, 9.17) is 5.73 Å². The quantitative estimate of drug-likeness (QED) is 0.801. The van der Waals surface area contributed by atoms with E-state index in [1.807, 2.05) is 4.90 Å². The van der Waals surface area contributed by atoms with Gasteiger partial charge in [-0.15, -0.1) is 12.4 Å². The van der Waals surface area contributed by atoms with Crippen LogP contribution < -0.4 is 11.1 Å². The number of amides is 2. The molecule has 2 rings (SSSR count). The highest BCUT2D eigenvalue weighted by atomic mass is 35.5. The molecule has 0 aromatic carbocycles. The number of hydrogen-bond acceptors (Lipinski definition) is 3. The molecular formula is C17H32ClN3O2. The molecule has 6 heteroatoms. The Balaban J connectivity index is 0.00000264. The minimum absolute atomic E-state index is 0. The van der Waals surface area contributed by atoms with Gasteiger partial charge in [-0.25, -0.2) is 0 Å². The van der Waals surface area contributed by atoms with Crippen molar-refractivity contribution in [2.24, 2.45) is 17.6 Å². The van der Waals surface area contributed by atoms with Crippen LogP contribution in [0.3, 0.4) is 0 Å². The van der Waals surface area contributed by atoms with Gasteiger partial charge in [0, 0.05) is 38.0 Å².